The van der Waals surface area contributed by atoms with Gasteiger partial charge in [-0.1, -0.05) is 19.3 Å². The van der Waals surface area contributed by atoms with Gasteiger partial charge < -0.3 is 10.0 Å². The maximum absolute atomic E-state index is 11.2. The Bertz CT molecular complexity index is 456. The van der Waals surface area contributed by atoms with Crippen molar-refractivity contribution in [2.75, 3.05) is 11.9 Å². The number of carboxylic acids is 1. The average Bonchev–Trinajstić information content (AvgIpc) is 2.38. The van der Waals surface area contributed by atoms with Gasteiger partial charge >= 0.3 is 5.97 Å². The van der Waals surface area contributed by atoms with E-state index in [1.807, 2.05) is 24.9 Å². The molecule has 1 saturated carbocycles. The van der Waals surface area contributed by atoms with Gasteiger partial charge in [-0.05, 0) is 25.8 Å². The number of nitrogens with zero attached hydrogens (tertiary/aromatic N) is 3. The van der Waals surface area contributed by atoms with Crippen molar-refractivity contribution in [3.05, 3.63) is 18.0 Å². The zero-order valence-corrected chi connectivity index (χ0v) is 11.6. The summed E-state index contributed by atoms with van der Waals surface area (Å²) in [6.07, 6.45) is 7.00. The van der Waals surface area contributed by atoms with Gasteiger partial charge in [0.25, 0.3) is 0 Å². The Morgan fingerprint density at radius 3 is 2.68 bits per heavy atom. The van der Waals surface area contributed by atoms with Crippen LogP contribution in [0.5, 0.6) is 0 Å². The molecule has 5 nitrogen and oxygen atoms in total. The van der Waals surface area contributed by atoms with E-state index in [4.69, 9.17) is 0 Å². The summed E-state index contributed by atoms with van der Waals surface area (Å²) >= 11 is 0. The predicted octanol–water partition coefficient (Wildman–Crippen LogP) is 2.40. The largest absolute Gasteiger partial charge is 0.481 e. The molecule has 0 unspecified atom stereocenters. The SMILES string of the molecule is Cc1ccnc(N(C)C2(CC(=O)O)CCCCC2)n1. The molecule has 0 radical (unpaired) electrons. The second-order valence-electron chi connectivity index (χ2n) is 5.41. The lowest BCUT2D eigenvalue weighted by molar-refractivity contribution is -0.138. The molecule has 1 N–H and O–H groups in total. The quantitative estimate of drug-likeness (QED) is 0.903. The highest BCUT2D eigenvalue weighted by Crippen LogP contribution is 2.37. The summed E-state index contributed by atoms with van der Waals surface area (Å²) in [6.45, 7) is 1.92. The van der Waals surface area contributed by atoms with E-state index >= 15 is 0 Å². The van der Waals surface area contributed by atoms with E-state index in [1.54, 1.807) is 6.20 Å². The maximum Gasteiger partial charge on any atom is 0.305 e. The fourth-order valence-corrected chi connectivity index (χ4v) is 2.93. The minimum Gasteiger partial charge on any atom is -0.481 e. The van der Waals surface area contributed by atoms with Crippen molar-refractivity contribution < 1.29 is 9.90 Å². The summed E-state index contributed by atoms with van der Waals surface area (Å²) in [4.78, 5) is 21.9. The van der Waals surface area contributed by atoms with Crippen LogP contribution in [-0.2, 0) is 4.79 Å². The smallest absolute Gasteiger partial charge is 0.305 e. The van der Waals surface area contributed by atoms with Gasteiger partial charge in [-0.2, -0.15) is 0 Å². The molecule has 1 aromatic heterocycles. The third kappa shape index (κ3) is 3.03. The van der Waals surface area contributed by atoms with E-state index in [9.17, 15) is 9.90 Å². The Labute approximate surface area is 113 Å². The molecule has 0 saturated heterocycles. The first-order valence-electron chi connectivity index (χ1n) is 6.79. The van der Waals surface area contributed by atoms with Gasteiger partial charge in [-0.15, -0.1) is 0 Å². The standard InChI is InChI=1S/C14H21N3O2/c1-11-6-9-15-13(16-11)17(2)14(10-12(18)19)7-4-3-5-8-14/h6,9H,3-5,7-8,10H2,1-2H3,(H,18,19). The van der Waals surface area contributed by atoms with Crippen molar-refractivity contribution >= 4 is 11.9 Å². The van der Waals surface area contributed by atoms with Gasteiger partial charge in [0.2, 0.25) is 5.95 Å². The van der Waals surface area contributed by atoms with Crippen molar-refractivity contribution in [1.82, 2.24) is 9.97 Å². The van der Waals surface area contributed by atoms with Crippen LogP contribution in [0.4, 0.5) is 5.95 Å². The molecular formula is C14H21N3O2. The van der Waals surface area contributed by atoms with Crippen LogP contribution in [-0.4, -0.2) is 33.6 Å². The molecule has 1 aliphatic carbocycles. The Morgan fingerprint density at radius 2 is 2.11 bits per heavy atom. The van der Waals surface area contributed by atoms with E-state index in [-0.39, 0.29) is 12.0 Å². The summed E-state index contributed by atoms with van der Waals surface area (Å²) < 4.78 is 0. The number of aliphatic carboxylic acids is 1. The Balaban J connectivity index is 2.29. The van der Waals surface area contributed by atoms with Crippen LogP contribution in [0.3, 0.4) is 0 Å². The Hall–Kier alpha value is -1.65. The van der Waals surface area contributed by atoms with Gasteiger partial charge in [0.1, 0.15) is 0 Å². The van der Waals surface area contributed by atoms with Crippen molar-refractivity contribution in [3.8, 4) is 0 Å². The molecule has 19 heavy (non-hydrogen) atoms. The fraction of sp³-hybridized carbons (Fsp3) is 0.643. The molecule has 104 valence electrons. The summed E-state index contributed by atoms with van der Waals surface area (Å²) in [7, 11) is 1.92. The fourth-order valence-electron chi connectivity index (χ4n) is 2.93. The summed E-state index contributed by atoms with van der Waals surface area (Å²) in [6, 6.07) is 1.85. The van der Waals surface area contributed by atoms with Crippen molar-refractivity contribution in [1.29, 1.82) is 0 Å². The normalized spacial score (nSPS) is 18.0. The number of rotatable bonds is 4. The first kappa shape index (κ1) is 13.8. The van der Waals surface area contributed by atoms with Gasteiger partial charge in [0, 0.05) is 18.9 Å². The number of anilines is 1. The molecule has 1 heterocycles. The van der Waals surface area contributed by atoms with Gasteiger partial charge in [0.15, 0.2) is 0 Å². The molecule has 1 fully saturated rings. The van der Waals surface area contributed by atoms with Gasteiger partial charge in [-0.3, -0.25) is 4.79 Å². The number of hydrogen-bond donors (Lipinski definition) is 1. The third-order valence-corrected chi connectivity index (χ3v) is 4.06. The lowest BCUT2D eigenvalue weighted by atomic mass is 9.78. The molecule has 2 rings (SSSR count). The van der Waals surface area contributed by atoms with Crippen LogP contribution < -0.4 is 4.90 Å². The maximum atomic E-state index is 11.2. The molecule has 1 aromatic rings. The summed E-state index contributed by atoms with van der Waals surface area (Å²) in [5, 5.41) is 9.21. The topological polar surface area (TPSA) is 66.3 Å². The van der Waals surface area contributed by atoms with Gasteiger partial charge in [0.05, 0.1) is 12.0 Å². The third-order valence-electron chi connectivity index (χ3n) is 4.06. The first-order valence-corrected chi connectivity index (χ1v) is 6.79. The van der Waals surface area contributed by atoms with E-state index in [0.29, 0.717) is 5.95 Å². The van der Waals surface area contributed by atoms with E-state index in [0.717, 1.165) is 31.4 Å². The molecule has 0 spiro atoms. The summed E-state index contributed by atoms with van der Waals surface area (Å²) in [5.41, 5.74) is 0.566. The molecule has 0 amide bonds. The second kappa shape index (κ2) is 5.55. The van der Waals surface area contributed by atoms with E-state index in [2.05, 4.69) is 9.97 Å². The van der Waals surface area contributed by atoms with Crippen LogP contribution in [0, 0.1) is 6.92 Å². The minimum absolute atomic E-state index is 0.154. The number of aromatic nitrogens is 2. The van der Waals surface area contributed by atoms with Gasteiger partial charge in [-0.25, -0.2) is 9.97 Å². The Kier molecular flexibility index (Phi) is 4.02. The monoisotopic (exact) mass is 263 g/mol. The highest BCUT2D eigenvalue weighted by Gasteiger charge is 2.39. The molecule has 0 atom stereocenters. The molecule has 0 bridgehead atoms. The molecular weight excluding hydrogens is 242 g/mol. The zero-order chi connectivity index (χ0) is 13.9. The highest BCUT2D eigenvalue weighted by atomic mass is 16.4. The van der Waals surface area contributed by atoms with Crippen molar-refractivity contribution in [2.24, 2.45) is 0 Å². The van der Waals surface area contributed by atoms with Crippen LogP contribution in [0.2, 0.25) is 0 Å². The lowest BCUT2D eigenvalue weighted by Gasteiger charge is -2.43. The number of carboxylic acid groups (broad SMARTS) is 1. The number of carbonyl (C=O) groups is 1. The van der Waals surface area contributed by atoms with Crippen LogP contribution in [0.15, 0.2) is 12.3 Å². The average molecular weight is 263 g/mol. The molecule has 5 heteroatoms. The Morgan fingerprint density at radius 1 is 1.42 bits per heavy atom. The lowest BCUT2D eigenvalue weighted by Crippen LogP contribution is -2.50. The predicted molar refractivity (Wildman–Crippen MR) is 73.2 cm³/mol. The van der Waals surface area contributed by atoms with Crippen molar-refractivity contribution in [2.45, 2.75) is 51.0 Å². The number of hydrogen-bond acceptors (Lipinski definition) is 4. The second-order valence-corrected chi connectivity index (χ2v) is 5.41. The highest BCUT2D eigenvalue weighted by molar-refractivity contribution is 5.69. The first-order chi connectivity index (χ1) is 9.03. The zero-order valence-electron chi connectivity index (χ0n) is 11.6. The van der Waals surface area contributed by atoms with Crippen LogP contribution >= 0.6 is 0 Å². The van der Waals surface area contributed by atoms with Crippen molar-refractivity contribution in [3.63, 3.8) is 0 Å². The van der Waals surface area contributed by atoms with E-state index < -0.39 is 5.97 Å². The molecule has 0 aromatic carbocycles. The number of aryl methyl sites for hydroxylation is 1. The molecule has 1 aliphatic rings. The van der Waals surface area contributed by atoms with E-state index in [1.165, 1.54) is 6.42 Å². The van der Waals surface area contributed by atoms with Crippen LogP contribution in [0.25, 0.3) is 0 Å². The summed E-state index contributed by atoms with van der Waals surface area (Å²) in [5.74, 6) is -0.121. The minimum atomic E-state index is -0.749. The van der Waals surface area contributed by atoms with Crippen LogP contribution in [0.1, 0.15) is 44.2 Å². The molecule has 0 aliphatic heterocycles.